The molecule has 0 radical (unpaired) electrons. The van der Waals surface area contributed by atoms with Crippen molar-refractivity contribution in [2.45, 2.75) is 20.0 Å². The fourth-order valence-electron chi connectivity index (χ4n) is 2.64. The minimum absolute atomic E-state index is 0.0690. The van der Waals surface area contributed by atoms with Crippen molar-refractivity contribution in [3.05, 3.63) is 51.6 Å². The number of nitrogens with zero attached hydrogens (tertiary/aromatic N) is 1. The minimum Gasteiger partial charge on any atom is -0.489 e. The third-order valence-corrected chi connectivity index (χ3v) is 5.56. The van der Waals surface area contributed by atoms with E-state index in [1.807, 2.05) is 31.4 Å². The highest BCUT2D eigenvalue weighted by Crippen LogP contribution is 2.42. The molecule has 1 aliphatic heterocycles. The zero-order valence-corrected chi connectivity index (χ0v) is 16.1. The van der Waals surface area contributed by atoms with Crippen LogP contribution in [0.2, 0.25) is 0 Å². The second-order valence-corrected chi connectivity index (χ2v) is 7.89. The number of rotatable bonds is 7. The van der Waals surface area contributed by atoms with Crippen LogP contribution in [0.4, 0.5) is 5.69 Å². The maximum atomic E-state index is 13.1. The molecule has 0 aliphatic carbocycles. The molecule has 26 heavy (non-hydrogen) atoms. The first-order valence-corrected chi connectivity index (χ1v) is 10.1. The molecule has 1 N–H and O–H groups in total. The molecule has 0 bridgehead atoms. The molecule has 136 valence electrons. The smallest absolute Gasteiger partial charge is 0.272 e. The Morgan fingerprint density at radius 3 is 2.58 bits per heavy atom. The van der Waals surface area contributed by atoms with Gasteiger partial charge in [-0.2, -0.15) is 0 Å². The number of aliphatic hydroxyl groups excluding tert-OH is 1. The van der Waals surface area contributed by atoms with E-state index in [0.29, 0.717) is 27.7 Å². The lowest BCUT2D eigenvalue weighted by atomic mass is 10.2. The number of benzene rings is 1. The third kappa shape index (κ3) is 3.56. The fraction of sp³-hybridized carbons (Fsp3) is 0.263. The first kappa shape index (κ1) is 18.7. The Kier molecular flexibility index (Phi) is 5.80. The van der Waals surface area contributed by atoms with Gasteiger partial charge in [0.15, 0.2) is 0 Å². The molecule has 0 unspecified atom stereocenters. The number of ether oxygens (including phenoxy) is 1. The average molecular weight is 389 g/mol. The molecule has 0 spiro atoms. The Morgan fingerprint density at radius 1 is 1.15 bits per heavy atom. The first-order valence-electron chi connectivity index (χ1n) is 8.21. The van der Waals surface area contributed by atoms with Crippen LogP contribution in [0.25, 0.3) is 5.57 Å². The predicted octanol–water partition coefficient (Wildman–Crippen LogP) is 3.55. The van der Waals surface area contributed by atoms with Gasteiger partial charge in [-0.25, -0.2) is 4.90 Å². The number of aliphatic hydroxyl groups is 1. The summed E-state index contributed by atoms with van der Waals surface area (Å²) in [5.41, 5.74) is 0.827. The number of carbonyl (C=O) groups excluding carboxylic acids is 2. The van der Waals surface area contributed by atoms with E-state index in [2.05, 4.69) is 0 Å². The van der Waals surface area contributed by atoms with Gasteiger partial charge < -0.3 is 9.84 Å². The van der Waals surface area contributed by atoms with Crippen LogP contribution in [0.15, 0.2) is 46.7 Å². The number of thioether (sulfide) groups is 1. The highest BCUT2D eigenvalue weighted by molar-refractivity contribution is 8.04. The Labute approximate surface area is 160 Å². The van der Waals surface area contributed by atoms with Crippen LogP contribution in [0.5, 0.6) is 5.75 Å². The topological polar surface area (TPSA) is 66.8 Å². The molecule has 2 aromatic rings. The minimum atomic E-state index is -0.378. The van der Waals surface area contributed by atoms with Crippen LogP contribution in [-0.4, -0.2) is 35.4 Å². The van der Waals surface area contributed by atoms with Crippen molar-refractivity contribution in [1.29, 1.82) is 0 Å². The number of amides is 2. The number of imide groups is 1. The van der Waals surface area contributed by atoms with Gasteiger partial charge >= 0.3 is 0 Å². The third-order valence-electron chi connectivity index (χ3n) is 3.62. The van der Waals surface area contributed by atoms with Gasteiger partial charge in [-0.1, -0.05) is 18.2 Å². The van der Waals surface area contributed by atoms with E-state index in [1.165, 1.54) is 28.0 Å². The normalized spacial score (nSPS) is 14.7. The van der Waals surface area contributed by atoms with Crippen LogP contribution in [0.3, 0.4) is 0 Å². The molecule has 3 rings (SSSR count). The van der Waals surface area contributed by atoms with E-state index in [1.54, 1.807) is 24.3 Å². The largest absolute Gasteiger partial charge is 0.489 e. The van der Waals surface area contributed by atoms with Crippen molar-refractivity contribution < 1.29 is 19.4 Å². The van der Waals surface area contributed by atoms with Crippen molar-refractivity contribution in [3.63, 3.8) is 0 Å². The van der Waals surface area contributed by atoms with E-state index >= 15 is 0 Å². The maximum absolute atomic E-state index is 13.1. The summed E-state index contributed by atoms with van der Waals surface area (Å²) < 4.78 is 5.79. The summed E-state index contributed by atoms with van der Waals surface area (Å²) in [5, 5.41) is 11.0. The van der Waals surface area contributed by atoms with Gasteiger partial charge in [0.1, 0.15) is 5.75 Å². The molecule has 0 atom stereocenters. The summed E-state index contributed by atoms with van der Waals surface area (Å²) in [5.74, 6) is 0.0961. The second kappa shape index (κ2) is 8.07. The van der Waals surface area contributed by atoms with Gasteiger partial charge in [-0.3, -0.25) is 9.59 Å². The monoisotopic (exact) mass is 389 g/mol. The number of carbonyl (C=O) groups is 2. The molecule has 0 saturated carbocycles. The van der Waals surface area contributed by atoms with Gasteiger partial charge in [-0.15, -0.1) is 23.1 Å². The lowest BCUT2D eigenvalue weighted by Gasteiger charge is -2.20. The maximum Gasteiger partial charge on any atom is 0.272 e. The molecule has 0 fully saturated rings. The molecule has 5 nitrogen and oxygen atoms in total. The van der Waals surface area contributed by atoms with Gasteiger partial charge in [-0.05, 0) is 37.4 Å². The van der Waals surface area contributed by atoms with Gasteiger partial charge in [0, 0.05) is 10.6 Å². The van der Waals surface area contributed by atoms with E-state index in [-0.39, 0.29) is 24.5 Å². The van der Waals surface area contributed by atoms with Gasteiger partial charge in [0.05, 0.1) is 28.9 Å². The van der Waals surface area contributed by atoms with Gasteiger partial charge in [0.25, 0.3) is 11.8 Å². The van der Waals surface area contributed by atoms with E-state index in [9.17, 15) is 9.59 Å². The fourth-order valence-corrected chi connectivity index (χ4v) is 4.33. The van der Waals surface area contributed by atoms with Crippen molar-refractivity contribution in [3.8, 4) is 5.75 Å². The number of thiophene rings is 1. The lowest BCUT2D eigenvalue weighted by molar-refractivity contribution is -0.119. The second-order valence-electron chi connectivity index (χ2n) is 5.83. The molecular formula is C19H19NO4S2. The number of hydrogen-bond acceptors (Lipinski definition) is 6. The average Bonchev–Trinajstić information content (AvgIpc) is 3.20. The predicted molar refractivity (Wildman–Crippen MR) is 105 cm³/mol. The summed E-state index contributed by atoms with van der Waals surface area (Å²) in [6, 6.07) is 10.7. The van der Waals surface area contributed by atoms with E-state index < -0.39 is 0 Å². The zero-order valence-electron chi connectivity index (χ0n) is 14.5. The standard InChI is InChI=1S/C19H19NO4S2/c1-12(2)24-14-7-4-3-6-13(14)20-18(22)16(15-8-5-10-25-15)17(19(20)23)26-11-9-21/h3-8,10,12,21H,9,11H2,1-2H3. The highest BCUT2D eigenvalue weighted by Gasteiger charge is 2.41. The molecule has 1 aliphatic rings. The SMILES string of the molecule is CC(C)Oc1ccccc1N1C(=O)C(SCCO)=C(c2cccs2)C1=O. The molecule has 2 heterocycles. The summed E-state index contributed by atoms with van der Waals surface area (Å²) in [6.07, 6.45) is -0.0862. The molecule has 7 heteroatoms. The van der Waals surface area contributed by atoms with E-state index in [0.717, 1.165) is 4.88 Å². The van der Waals surface area contributed by atoms with Crippen LogP contribution in [0.1, 0.15) is 18.7 Å². The molecule has 2 amide bonds. The number of para-hydroxylation sites is 2. The van der Waals surface area contributed by atoms with Crippen LogP contribution in [0, 0.1) is 0 Å². The Hall–Kier alpha value is -2.09. The molecule has 0 saturated heterocycles. The van der Waals surface area contributed by atoms with Gasteiger partial charge in [0.2, 0.25) is 0 Å². The first-order chi connectivity index (χ1) is 12.5. The van der Waals surface area contributed by atoms with Crippen molar-refractivity contribution in [2.24, 2.45) is 0 Å². The lowest BCUT2D eigenvalue weighted by Crippen LogP contribution is -2.32. The number of anilines is 1. The highest BCUT2D eigenvalue weighted by atomic mass is 32.2. The summed E-state index contributed by atoms with van der Waals surface area (Å²) >= 11 is 2.61. The molecule has 1 aromatic carbocycles. The van der Waals surface area contributed by atoms with Crippen LogP contribution in [-0.2, 0) is 9.59 Å². The summed E-state index contributed by atoms with van der Waals surface area (Å²) in [7, 11) is 0. The number of hydrogen-bond donors (Lipinski definition) is 1. The van der Waals surface area contributed by atoms with E-state index in [4.69, 9.17) is 9.84 Å². The zero-order chi connectivity index (χ0) is 18.7. The van der Waals surface area contributed by atoms with Crippen LogP contribution >= 0.6 is 23.1 Å². The Bertz CT molecular complexity index is 843. The quantitative estimate of drug-likeness (QED) is 0.734. The Balaban J connectivity index is 2.05. The van der Waals surface area contributed by atoms with Crippen molar-refractivity contribution >= 4 is 46.2 Å². The Morgan fingerprint density at radius 2 is 1.92 bits per heavy atom. The van der Waals surface area contributed by atoms with Crippen LogP contribution < -0.4 is 9.64 Å². The molecular weight excluding hydrogens is 370 g/mol. The summed E-state index contributed by atoms with van der Waals surface area (Å²) in [4.78, 5) is 28.5. The molecule has 1 aromatic heterocycles. The summed E-state index contributed by atoms with van der Waals surface area (Å²) in [6.45, 7) is 3.71. The van der Waals surface area contributed by atoms with Crippen molar-refractivity contribution in [2.75, 3.05) is 17.3 Å². The van der Waals surface area contributed by atoms with Crippen molar-refractivity contribution in [1.82, 2.24) is 0 Å².